The van der Waals surface area contributed by atoms with Gasteiger partial charge in [-0.05, 0) is 37.4 Å². The van der Waals surface area contributed by atoms with Crippen molar-refractivity contribution in [2.75, 3.05) is 23.8 Å². The van der Waals surface area contributed by atoms with Gasteiger partial charge in [-0.3, -0.25) is 4.98 Å². The Bertz CT molecular complexity index is 836. The first-order chi connectivity index (χ1) is 12.6. The molecule has 2 radical (unpaired) electrons. The van der Waals surface area contributed by atoms with Gasteiger partial charge in [0.05, 0.1) is 6.10 Å². The van der Waals surface area contributed by atoms with E-state index in [0.717, 1.165) is 30.2 Å². The number of aromatic nitrogens is 4. The highest BCUT2D eigenvalue weighted by Crippen LogP contribution is 2.16. The summed E-state index contributed by atoms with van der Waals surface area (Å²) < 4.78 is 7.26. The molecular formula is C18H23BN6O. The van der Waals surface area contributed by atoms with Crippen molar-refractivity contribution in [3.63, 3.8) is 0 Å². The van der Waals surface area contributed by atoms with Crippen LogP contribution in [0.15, 0.2) is 36.8 Å². The zero-order valence-electron chi connectivity index (χ0n) is 15.1. The maximum Gasteiger partial charge on any atom is 0.152 e. The molecule has 0 unspecified atom stereocenters. The standard InChI is InChI=1S/C18H23BN6O/c1-13(2)26-8-4-7-21-16-9-17(22-11-14-5-3-6-20-10-14)25-18(24-16)15(19)12-23-25/h3,5-6,9-10,12-13,22H,4,7-8,11H2,1-2H3,(H,21,24). The minimum atomic E-state index is 0.249. The van der Waals surface area contributed by atoms with Crippen molar-refractivity contribution in [1.82, 2.24) is 19.6 Å². The molecule has 3 aromatic rings. The van der Waals surface area contributed by atoms with Crippen LogP contribution in [0.3, 0.4) is 0 Å². The van der Waals surface area contributed by atoms with Crippen molar-refractivity contribution < 1.29 is 4.74 Å². The third kappa shape index (κ3) is 4.73. The van der Waals surface area contributed by atoms with Crippen molar-refractivity contribution in [2.45, 2.75) is 32.9 Å². The van der Waals surface area contributed by atoms with Gasteiger partial charge in [0.2, 0.25) is 0 Å². The van der Waals surface area contributed by atoms with Gasteiger partial charge in [-0.15, -0.1) is 0 Å². The zero-order chi connectivity index (χ0) is 18.4. The number of pyridine rings is 1. The highest BCUT2D eigenvalue weighted by atomic mass is 16.5. The Morgan fingerprint density at radius 1 is 1.27 bits per heavy atom. The number of nitrogens with zero attached hydrogens (tertiary/aromatic N) is 4. The monoisotopic (exact) mass is 350 g/mol. The molecule has 3 aromatic heterocycles. The first-order valence-corrected chi connectivity index (χ1v) is 8.76. The Morgan fingerprint density at radius 2 is 2.15 bits per heavy atom. The number of rotatable bonds is 9. The van der Waals surface area contributed by atoms with Crippen molar-refractivity contribution in [2.24, 2.45) is 0 Å². The number of nitrogens with one attached hydrogen (secondary N) is 2. The molecule has 0 saturated carbocycles. The molecule has 2 N–H and O–H groups in total. The second-order valence-corrected chi connectivity index (χ2v) is 6.28. The van der Waals surface area contributed by atoms with E-state index in [0.29, 0.717) is 24.3 Å². The lowest BCUT2D eigenvalue weighted by Crippen LogP contribution is -2.13. The summed E-state index contributed by atoms with van der Waals surface area (Å²) >= 11 is 0. The van der Waals surface area contributed by atoms with E-state index in [1.54, 1.807) is 16.9 Å². The van der Waals surface area contributed by atoms with Gasteiger partial charge in [-0.1, -0.05) is 6.07 Å². The van der Waals surface area contributed by atoms with Gasteiger partial charge < -0.3 is 15.4 Å². The molecule has 0 aliphatic heterocycles. The second kappa shape index (κ2) is 8.67. The van der Waals surface area contributed by atoms with Crippen molar-refractivity contribution >= 4 is 30.6 Å². The molecular weight excluding hydrogens is 327 g/mol. The number of hydrogen-bond donors (Lipinski definition) is 2. The Balaban J connectivity index is 1.70. The van der Waals surface area contributed by atoms with E-state index < -0.39 is 0 Å². The van der Waals surface area contributed by atoms with Gasteiger partial charge in [0.15, 0.2) is 5.65 Å². The van der Waals surface area contributed by atoms with Crippen LogP contribution in [0, 0.1) is 0 Å². The fourth-order valence-electron chi connectivity index (χ4n) is 2.50. The van der Waals surface area contributed by atoms with Crippen LogP contribution in [-0.4, -0.2) is 46.7 Å². The van der Waals surface area contributed by atoms with Crippen LogP contribution in [0.2, 0.25) is 0 Å². The number of hydrogen-bond acceptors (Lipinski definition) is 6. The molecule has 7 nitrogen and oxygen atoms in total. The lowest BCUT2D eigenvalue weighted by Gasteiger charge is -2.12. The van der Waals surface area contributed by atoms with Gasteiger partial charge in [0.25, 0.3) is 0 Å². The van der Waals surface area contributed by atoms with E-state index in [1.807, 2.05) is 38.2 Å². The Hall–Kier alpha value is -2.61. The molecule has 3 rings (SSSR count). The number of anilines is 2. The molecule has 0 bridgehead atoms. The molecule has 0 amide bonds. The van der Waals surface area contributed by atoms with Crippen LogP contribution < -0.4 is 16.1 Å². The molecule has 0 aromatic carbocycles. The van der Waals surface area contributed by atoms with Crippen LogP contribution in [-0.2, 0) is 11.3 Å². The largest absolute Gasteiger partial charge is 0.379 e. The number of ether oxygens (including phenoxy) is 1. The molecule has 0 fully saturated rings. The van der Waals surface area contributed by atoms with Gasteiger partial charge in [-0.25, -0.2) is 4.98 Å². The third-order valence-corrected chi connectivity index (χ3v) is 3.77. The summed E-state index contributed by atoms with van der Waals surface area (Å²) in [5.41, 5.74) is 2.25. The fraction of sp³-hybridized carbons (Fsp3) is 0.389. The topological polar surface area (TPSA) is 76.4 Å². The van der Waals surface area contributed by atoms with Crippen LogP contribution in [0.5, 0.6) is 0 Å². The van der Waals surface area contributed by atoms with Crippen LogP contribution >= 0.6 is 0 Å². The highest BCUT2D eigenvalue weighted by Gasteiger charge is 2.09. The Kier molecular flexibility index (Phi) is 6.06. The van der Waals surface area contributed by atoms with Gasteiger partial charge >= 0.3 is 0 Å². The van der Waals surface area contributed by atoms with E-state index in [9.17, 15) is 0 Å². The van der Waals surface area contributed by atoms with Crippen LogP contribution in [0.25, 0.3) is 5.65 Å². The minimum Gasteiger partial charge on any atom is -0.379 e. The first-order valence-electron chi connectivity index (χ1n) is 8.76. The van der Waals surface area contributed by atoms with E-state index in [1.165, 1.54) is 0 Å². The van der Waals surface area contributed by atoms with Crippen LogP contribution in [0.4, 0.5) is 11.6 Å². The van der Waals surface area contributed by atoms with Gasteiger partial charge in [0.1, 0.15) is 19.5 Å². The summed E-state index contributed by atoms with van der Waals surface area (Å²) in [6.07, 6.45) is 6.35. The SMILES string of the molecule is [B]c1cnn2c(NCc3cccnc3)cc(NCCCOC(C)C)nc12. The first kappa shape index (κ1) is 18.2. The average Bonchev–Trinajstić information content (AvgIpc) is 3.01. The van der Waals surface area contributed by atoms with Gasteiger partial charge in [0, 0.05) is 44.4 Å². The molecule has 0 atom stereocenters. The summed E-state index contributed by atoms with van der Waals surface area (Å²) in [6, 6.07) is 5.86. The summed E-state index contributed by atoms with van der Waals surface area (Å²) in [6.45, 7) is 6.19. The van der Waals surface area contributed by atoms with Crippen molar-refractivity contribution in [3.8, 4) is 0 Å². The molecule has 0 aliphatic rings. The highest BCUT2D eigenvalue weighted by molar-refractivity contribution is 6.36. The molecule has 26 heavy (non-hydrogen) atoms. The van der Waals surface area contributed by atoms with Crippen molar-refractivity contribution in [3.05, 3.63) is 42.4 Å². The number of fused-ring (bicyclic) bond motifs is 1. The summed E-state index contributed by atoms with van der Waals surface area (Å²) in [4.78, 5) is 8.69. The van der Waals surface area contributed by atoms with Crippen LogP contribution in [0.1, 0.15) is 25.8 Å². The quantitative estimate of drug-likeness (QED) is 0.452. The molecule has 134 valence electrons. The Labute approximate surface area is 154 Å². The van der Waals surface area contributed by atoms with Gasteiger partial charge in [-0.2, -0.15) is 9.61 Å². The smallest absolute Gasteiger partial charge is 0.152 e. The van der Waals surface area contributed by atoms with E-state index in [-0.39, 0.29) is 6.10 Å². The Morgan fingerprint density at radius 3 is 2.92 bits per heavy atom. The summed E-state index contributed by atoms with van der Waals surface area (Å²) in [7, 11) is 6.00. The average molecular weight is 350 g/mol. The predicted octanol–water partition coefficient (Wildman–Crippen LogP) is 1.76. The molecule has 8 heteroatoms. The van der Waals surface area contributed by atoms with E-state index >= 15 is 0 Å². The lowest BCUT2D eigenvalue weighted by atomic mass is 10.0. The molecule has 0 aliphatic carbocycles. The fourth-order valence-corrected chi connectivity index (χ4v) is 2.50. The maximum atomic E-state index is 6.00. The summed E-state index contributed by atoms with van der Waals surface area (Å²) in [5.74, 6) is 1.57. The summed E-state index contributed by atoms with van der Waals surface area (Å²) in [5, 5.41) is 11.0. The lowest BCUT2D eigenvalue weighted by molar-refractivity contribution is 0.0787. The van der Waals surface area contributed by atoms with Crippen molar-refractivity contribution in [1.29, 1.82) is 0 Å². The molecule has 0 spiro atoms. The van der Waals surface area contributed by atoms with E-state index in [2.05, 4.69) is 25.7 Å². The normalized spacial score (nSPS) is 11.2. The third-order valence-electron chi connectivity index (χ3n) is 3.77. The predicted molar refractivity (Wildman–Crippen MR) is 104 cm³/mol. The molecule has 0 saturated heterocycles. The zero-order valence-corrected chi connectivity index (χ0v) is 15.1. The minimum absolute atomic E-state index is 0.249. The van der Waals surface area contributed by atoms with E-state index in [4.69, 9.17) is 12.6 Å². The molecule has 3 heterocycles. The second-order valence-electron chi connectivity index (χ2n) is 6.28. The maximum absolute atomic E-state index is 6.00.